The molecule has 2 aromatic carbocycles. The van der Waals surface area contributed by atoms with Crippen molar-refractivity contribution in [2.75, 3.05) is 10.6 Å². The number of urea groups is 1. The summed E-state index contributed by atoms with van der Waals surface area (Å²) in [6.07, 6.45) is 3.43. The SMILES string of the molecule is CCCc1cc(Sc2ccc(NC(=O)Nc3ccc(C)cc3)cc2)n2ncnc2n1. The van der Waals surface area contributed by atoms with Crippen molar-refractivity contribution in [3.63, 3.8) is 0 Å². The average Bonchev–Trinajstić information content (AvgIpc) is 3.20. The molecule has 0 unspecified atom stereocenters. The lowest BCUT2D eigenvalue weighted by Gasteiger charge is -2.09. The Morgan fingerprint density at radius 2 is 1.70 bits per heavy atom. The van der Waals surface area contributed by atoms with Crippen LogP contribution in [0.3, 0.4) is 0 Å². The molecule has 0 saturated carbocycles. The predicted molar refractivity (Wildman–Crippen MR) is 119 cm³/mol. The molecule has 0 saturated heterocycles. The Labute approximate surface area is 179 Å². The largest absolute Gasteiger partial charge is 0.323 e. The van der Waals surface area contributed by atoms with Crippen LogP contribution in [0.1, 0.15) is 24.6 Å². The standard InChI is InChI=1S/C22H22N6OS/c1-3-4-18-13-20(28-21(25-18)23-14-24-28)30-19-11-9-17(10-12-19)27-22(29)26-16-7-5-15(2)6-8-16/h5-14H,3-4H2,1-2H3,(H2,26,27,29). The van der Waals surface area contributed by atoms with Gasteiger partial charge < -0.3 is 10.6 Å². The van der Waals surface area contributed by atoms with E-state index in [0.29, 0.717) is 5.78 Å². The van der Waals surface area contributed by atoms with Gasteiger partial charge in [0.25, 0.3) is 5.78 Å². The predicted octanol–water partition coefficient (Wildman–Crippen LogP) is 5.18. The van der Waals surface area contributed by atoms with Crippen molar-refractivity contribution in [2.45, 2.75) is 36.6 Å². The number of amides is 2. The highest BCUT2D eigenvalue weighted by Crippen LogP contribution is 2.29. The lowest BCUT2D eigenvalue weighted by atomic mass is 10.2. The topological polar surface area (TPSA) is 84.2 Å². The van der Waals surface area contributed by atoms with Gasteiger partial charge in [-0.25, -0.2) is 9.78 Å². The number of nitrogens with zero attached hydrogens (tertiary/aromatic N) is 4. The van der Waals surface area contributed by atoms with E-state index in [1.54, 1.807) is 16.3 Å². The van der Waals surface area contributed by atoms with E-state index in [4.69, 9.17) is 0 Å². The molecule has 152 valence electrons. The van der Waals surface area contributed by atoms with Gasteiger partial charge in [0.15, 0.2) is 0 Å². The molecule has 2 amide bonds. The Hall–Kier alpha value is -3.39. The molecule has 2 heterocycles. The fourth-order valence-electron chi connectivity index (χ4n) is 2.95. The fourth-order valence-corrected chi connectivity index (χ4v) is 3.87. The van der Waals surface area contributed by atoms with E-state index in [1.807, 2.05) is 55.5 Å². The molecule has 0 aliphatic carbocycles. The van der Waals surface area contributed by atoms with Crippen molar-refractivity contribution in [2.24, 2.45) is 0 Å². The minimum absolute atomic E-state index is 0.276. The van der Waals surface area contributed by atoms with E-state index < -0.39 is 0 Å². The molecule has 0 aliphatic heterocycles. The number of hydrogen-bond donors (Lipinski definition) is 2. The van der Waals surface area contributed by atoms with Gasteiger partial charge >= 0.3 is 6.03 Å². The average molecular weight is 419 g/mol. The van der Waals surface area contributed by atoms with E-state index in [2.05, 4.69) is 38.7 Å². The van der Waals surface area contributed by atoms with Gasteiger partial charge in [-0.15, -0.1) is 0 Å². The number of fused-ring (bicyclic) bond motifs is 1. The summed E-state index contributed by atoms with van der Waals surface area (Å²) in [5, 5.41) is 10.9. The van der Waals surface area contributed by atoms with Gasteiger partial charge in [-0.3, -0.25) is 0 Å². The Morgan fingerprint density at radius 1 is 1.03 bits per heavy atom. The van der Waals surface area contributed by atoms with Gasteiger partial charge in [0.1, 0.15) is 11.4 Å². The second kappa shape index (κ2) is 8.96. The van der Waals surface area contributed by atoms with Crippen LogP contribution in [0, 0.1) is 6.92 Å². The van der Waals surface area contributed by atoms with Crippen molar-refractivity contribution in [1.29, 1.82) is 0 Å². The molecule has 4 rings (SSSR count). The summed E-state index contributed by atoms with van der Waals surface area (Å²) in [6.45, 7) is 4.14. The molecule has 0 radical (unpaired) electrons. The molecule has 4 aromatic rings. The van der Waals surface area contributed by atoms with Crippen LogP contribution in [-0.2, 0) is 6.42 Å². The van der Waals surface area contributed by atoms with Crippen molar-refractivity contribution in [1.82, 2.24) is 19.6 Å². The zero-order valence-electron chi connectivity index (χ0n) is 16.8. The number of benzene rings is 2. The van der Waals surface area contributed by atoms with Crippen LogP contribution >= 0.6 is 11.8 Å². The molecule has 7 nitrogen and oxygen atoms in total. The number of carbonyl (C=O) groups is 1. The van der Waals surface area contributed by atoms with Gasteiger partial charge in [0, 0.05) is 22.0 Å². The molecule has 2 aromatic heterocycles. The Kier molecular flexibility index (Phi) is 5.94. The second-order valence-corrected chi connectivity index (χ2v) is 7.97. The van der Waals surface area contributed by atoms with Gasteiger partial charge in [0.05, 0.1) is 0 Å². The highest BCUT2D eigenvalue weighted by atomic mass is 32.2. The molecule has 0 atom stereocenters. The fraction of sp³-hybridized carbons (Fsp3) is 0.182. The maximum Gasteiger partial charge on any atom is 0.323 e. The van der Waals surface area contributed by atoms with Crippen LogP contribution in [0.25, 0.3) is 5.78 Å². The van der Waals surface area contributed by atoms with Crippen LogP contribution in [0.4, 0.5) is 16.2 Å². The molecule has 0 aliphatic rings. The smallest absolute Gasteiger partial charge is 0.308 e. The van der Waals surface area contributed by atoms with Gasteiger partial charge in [-0.2, -0.15) is 14.6 Å². The first-order valence-corrected chi connectivity index (χ1v) is 10.5. The van der Waals surface area contributed by atoms with Crippen LogP contribution in [0.5, 0.6) is 0 Å². The Morgan fingerprint density at radius 3 is 2.37 bits per heavy atom. The first-order chi connectivity index (χ1) is 14.6. The van der Waals surface area contributed by atoms with Gasteiger partial charge in [0.2, 0.25) is 0 Å². The zero-order valence-corrected chi connectivity index (χ0v) is 17.6. The molecule has 30 heavy (non-hydrogen) atoms. The van der Waals surface area contributed by atoms with Crippen LogP contribution in [-0.4, -0.2) is 25.6 Å². The van der Waals surface area contributed by atoms with E-state index in [1.165, 1.54) is 6.33 Å². The first-order valence-electron chi connectivity index (χ1n) is 9.73. The quantitative estimate of drug-likeness (QED) is 0.422. The Balaban J connectivity index is 1.44. The van der Waals surface area contributed by atoms with Crippen molar-refractivity contribution in [3.8, 4) is 0 Å². The number of aromatic nitrogens is 4. The van der Waals surface area contributed by atoms with Crippen molar-refractivity contribution >= 4 is 34.9 Å². The summed E-state index contributed by atoms with van der Waals surface area (Å²) >= 11 is 1.59. The highest BCUT2D eigenvalue weighted by molar-refractivity contribution is 7.99. The normalized spacial score (nSPS) is 10.9. The number of hydrogen-bond acceptors (Lipinski definition) is 5. The van der Waals surface area contributed by atoms with E-state index >= 15 is 0 Å². The number of carbonyl (C=O) groups excluding carboxylic acids is 1. The molecule has 0 spiro atoms. The lowest BCUT2D eigenvalue weighted by molar-refractivity contribution is 0.262. The number of anilines is 2. The van der Waals surface area contributed by atoms with Gasteiger partial charge in [-0.1, -0.05) is 42.8 Å². The second-order valence-electron chi connectivity index (χ2n) is 6.88. The summed E-state index contributed by atoms with van der Waals surface area (Å²) in [4.78, 5) is 22.0. The van der Waals surface area contributed by atoms with Crippen molar-refractivity contribution in [3.05, 3.63) is 72.2 Å². The number of rotatable bonds is 6. The molecule has 0 bridgehead atoms. The maximum atomic E-state index is 12.2. The lowest BCUT2D eigenvalue weighted by Crippen LogP contribution is -2.19. The summed E-state index contributed by atoms with van der Waals surface area (Å²) < 4.78 is 1.74. The molecule has 0 fully saturated rings. The van der Waals surface area contributed by atoms with E-state index in [0.717, 1.165) is 45.4 Å². The minimum atomic E-state index is -0.276. The van der Waals surface area contributed by atoms with Crippen molar-refractivity contribution < 1.29 is 4.79 Å². The number of nitrogens with one attached hydrogen (secondary N) is 2. The highest BCUT2D eigenvalue weighted by Gasteiger charge is 2.10. The van der Waals surface area contributed by atoms with Crippen LogP contribution in [0.15, 0.2) is 70.8 Å². The van der Waals surface area contributed by atoms with Gasteiger partial charge in [-0.05, 0) is 55.8 Å². The third kappa shape index (κ3) is 4.77. The Bertz CT molecular complexity index is 1150. The monoisotopic (exact) mass is 418 g/mol. The maximum absolute atomic E-state index is 12.2. The molecule has 8 heteroatoms. The van der Waals surface area contributed by atoms with E-state index in [9.17, 15) is 4.79 Å². The summed E-state index contributed by atoms with van der Waals surface area (Å²) in [5.41, 5.74) is 3.62. The zero-order chi connectivity index (χ0) is 20.9. The van der Waals surface area contributed by atoms with E-state index in [-0.39, 0.29) is 6.03 Å². The molecular weight excluding hydrogens is 396 g/mol. The summed E-state index contributed by atoms with van der Waals surface area (Å²) in [6, 6.07) is 17.1. The molecule has 2 N–H and O–H groups in total. The summed E-state index contributed by atoms with van der Waals surface area (Å²) in [7, 11) is 0. The third-order valence-corrected chi connectivity index (χ3v) is 5.43. The van der Waals surface area contributed by atoms with Crippen LogP contribution < -0.4 is 10.6 Å². The summed E-state index contributed by atoms with van der Waals surface area (Å²) in [5.74, 6) is 0.606. The molecular formula is C22H22N6OS. The van der Waals surface area contributed by atoms with Crippen LogP contribution in [0.2, 0.25) is 0 Å². The minimum Gasteiger partial charge on any atom is -0.308 e. The number of aryl methyl sites for hydroxylation is 2. The third-order valence-electron chi connectivity index (χ3n) is 4.42. The first kappa shape index (κ1) is 19.9.